The molecule has 3 atom stereocenters. The highest BCUT2D eigenvalue weighted by molar-refractivity contribution is 6.44. The monoisotopic (exact) mass is 394 g/mol. The van der Waals surface area contributed by atoms with E-state index in [-0.39, 0.29) is 24.8 Å². The molecular formula is C17H23BN2O8. The van der Waals surface area contributed by atoms with Crippen molar-refractivity contribution in [3.05, 3.63) is 23.3 Å². The lowest BCUT2D eigenvalue weighted by Gasteiger charge is -2.42. The number of carboxylic acids is 1. The first-order valence-corrected chi connectivity index (χ1v) is 8.88. The van der Waals surface area contributed by atoms with Crippen molar-refractivity contribution in [3.63, 3.8) is 0 Å². The van der Waals surface area contributed by atoms with E-state index in [0.29, 0.717) is 12.0 Å². The van der Waals surface area contributed by atoms with Crippen LogP contribution in [0, 0.1) is 0 Å². The molecule has 11 heteroatoms. The molecule has 1 heterocycles. The van der Waals surface area contributed by atoms with Crippen LogP contribution >= 0.6 is 0 Å². The van der Waals surface area contributed by atoms with Crippen LogP contribution in [-0.4, -0.2) is 80.6 Å². The topological polar surface area (TPSA) is 174 Å². The molecule has 28 heavy (non-hydrogen) atoms. The Labute approximate surface area is 161 Å². The van der Waals surface area contributed by atoms with Crippen LogP contribution in [-0.2, 0) is 4.79 Å². The van der Waals surface area contributed by atoms with Gasteiger partial charge in [-0.05, 0) is 30.9 Å². The number of hydrogen-bond donors (Lipinski definition) is 6. The van der Waals surface area contributed by atoms with Crippen LogP contribution in [0.15, 0.2) is 12.1 Å². The lowest BCUT2D eigenvalue weighted by atomic mass is 9.81. The Morgan fingerprint density at radius 2 is 2.00 bits per heavy atom. The molecule has 0 aromatic heterocycles. The van der Waals surface area contributed by atoms with Crippen molar-refractivity contribution in [2.45, 2.75) is 36.7 Å². The highest BCUT2D eigenvalue weighted by Crippen LogP contribution is 2.56. The summed E-state index contributed by atoms with van der Waals surface area (Å²) in [5, 5.41) is 47.5. The van der Waals surface area contributed by atoms with Gasteiger partial charge in [-0.25, -0.2) is 4.79 Å². The van der Waals surface area contributed by atoms with Gasteiger partial charge in [-0.3, -0.25) is 4.79 Å². The first-order valence-electron chi connectivity index (χ1n) is 8.88. The van der Waals surface area contributed by atoms with Gasteiger partial charge in [-0.1, -0.05) is 6.07 Å². The molecule has 1 aromatic carbocycles. The second kappa shape index (κ2) is 7.24. The molecule has 7 N–H and O–H groups in total. The number of carbonyl (C=O) groups is 2. The number of amides is 1. The summed E-state index contributed by atoms with van der Waals surface area (Å²) in [5.74, 6) is -3.08. The number of carboxylic acid groups (broad SMARTS) is 1. The molecule has 1 aliphatic heterocycles. The number of aromatic hydroxyl groups is 1. The van der Waals surface area contributed by atoms with E-state index in [9.17, 15) is 29.9 Å². The molecule has 0 spiro atoms. The van der Waals surface area contributed by atoms with E-state index >= 15 is 0 Å². The van der Waals surface area contributed by atoms with E-state index in [1.54, 1.807) is 0 Å². The quantitative estimate of drug-likeness (QED) is 0.308. The van der Waals surface area contributed by atoms with Crippen molar-refractivity contribution >= 4 is 19.0 Å². The number of carbonyl (C=O) groups excluding carboxylic acids is 1. The van der Waals surface area contributed by atoms with Gasteiger partial charge < -0.3 is 40.7 Å². The molecule has 152 valence electrons. The number of rotatable bonds is 7. The molecule has 1 aliphatic carbocycles. The van der Waals surface area contributed by atoms with Gasteiger partial charge in [0.1, 0.15) is 28.7 Å². The van der Waals surface area contributed by atoms with Crippen LogP contribution in [0.5, 0.6) is 11.5 Å². The van der Waals surface area contributed by atoms with Gasteiger partial charge in [0.2, 0.25) is 5.91 Å². The van der Waals surface area contributed by atoms with Crippen molar-refractivity contribution in [1.82, 2.24) is 4.90 Å². The third kappa shape index (κ3) is 3.66. The minimum Gasteiger partial charge on any atom is -0.507 e. The number of ether oxygens (including phenoxy) is 1. The van der Waals surface area contributed by atoms with Crippen LogP contribution in [0.2, 0.25) is 5.82 Å². The third-order valence-corrected chi connectivity index (χ3v) is 5.25. The number of benzene rings is 1. The van der Waals surface area contributed by atoms with Gasteiger partial charge in [-0.2, -0.15) is 0 Å². The van der Waals surface area contributed by atoms with E-state index in [2.05, 4.69) is 0 Å². The second-order valence-electron chi connectivity index (χ2n) is 7.63. The van der Waals surface area contributed by atoms with Crippen molar-refractivity contribution in [2.75, 3.05) is 19.7 Å². The van der Waals surface area contributed by atoms with Crippen LogP contribution in [0.4, 0.5) is 0 Å². The normalized spacial score (nSPS) is 23.5. The SMILES string of the molecule is CC(N)(CO)C(=O)N1CC(Oc2ccc([C@H]3C[C@H]3B(O)O)c(O)c2C(=O)O)C1. The largest absolute Gasteiger partial charge is 0.507 e. The van der Waals surface area contributed by atoms with Crippen LogP contribution < -0.4 is 10.5 Å². The maximum absolute atomic E-state index is 12.1. The summed E-state index contributed by atoms with van der Waals surface area (Å²) in [7, 11) is -1.53. The Hall–Kier alpha value is -2.34. The van der Waals surface area contributed by atoms with Gasteiger partial charge in [-0.15, -0.1) is 0 Å². The Bertz CT molecular complexity index is 794. The number of aromatic carboxylic acids is 1. The maximum Gasteiger partial charge on any atom is 0.455 e. The number of likely N-dealkylation sites (tertiary alicyclic amines) is 1. The lowest BCUT2D eigenvalue weighted by molar-refractivity contribution is -0.146. The first-order chi connectivity index (χ1) is 13.1. The molecule has 3 rings (SSSR count). The fourth-order valence-corrected chi connectivity index (χ4v) is 3.38. The molecule has 1 amide bonds. The average molecular weight is 394 g/mol. The van der Waals surface area contributed by atoms with Crippen molar-refractivity contribution in [1.29, 1.82) is 0 Å². The van der Waals surface area contributed by atoms with Gasteiger partial charge in [0, 0.05) is 5.82 Å². The molecule has 2 fully saturated rings. The lowest BCUT2D eigenvalue weighted by Crippen LogP contribution is -2.64. The second-order valence-corrected chi connectivity index (χ2v) is 7.63. The number of phenols is 1. The predicted octanol–water partition coefficient (Wildman–Crippen LogP) is -1.28. The van der Waals surface area contributed by atoms with E-state index in [0.717, 1.165) is 0 Å². The van der Waals surface area contributed by atoms with Gasteiger partial charge in [0.15, 0.2) is 0 Å². The van der Waals surface area contributed by atoms with Crippen LogP contribution in [0.25, 0.3) is 0 Å². The average Bonchev–Trinajstić information content (AvgIpc) is 3.37. The number of nitrogens with zero attached hydrogens (tertiary/aromatic N) is 1. The summed E-state index contributed by atoms with van der Waals surface area (Å²) in [6.07, 6.45) is -0.0397. The zero-order valence-electron chi connectivity index (χ0n) is 15.3. The Kier molecular flexibility index (Phi) is 5.28. The summed E-state index contributed by atoms with van der Waals surface area (Å²) < 4.78 is 5.64. The minimum absolute atomic E-state index is 0.0368. The highest BCUT2D eigenvalue weighted by Gasteiger charge is 2.48. The molecule has 1 saturated carbocycles. The number of hydrogen-bond acceptors (Lipinski definition) is 8. The molecular weight excluding hydrogens is 371 g/mol. The van der Waals surface area contributed by atoms with Crippen LogP contribution in [0.3, 0.4) is 0 Å². The highest BCUT2D eigenvalue weighted by atomic mass is 16.5. The van der Waals surface area contributed by atoms with E-state index in [1.165, 1.54) is 24.0 Å². The summed E-state index contributed by atoms with van der Waals surface area (Å²) in [4.78, 5) is 25.2. The molecule has 2 aliphatic rings. The zero-order valence-corrected chi connectivity index (χ0v) is 15.3. The summed E-state index contributed by atoms with van der Waals surface area (Å²) in [6, 6.07) is 2.93. The molecule has 10 nitrogen and oxygen atoms in total. The summed E-state index contributed by atoms with van der Waals surface area (Å²) in [6.45, 7) is 1.26. The molecule has 1 unspecified atom stereocenters. The Morgan fingerprint density at radius 3 is 2.50 bits per heavy atom. The molecule has 1 aromatic rings. The van der Waals surface area contributed by atoms with Crippen molar-refractivity contribution in [3.8, 4) is 11.5 Å². The Morgan fingerprint density at radius 1 is 1.36 bits per heavy atom. The molecule has 0 bridgehead atoms. The molecule has 1 saturated heterocycles. The van der Waals surface area contributed by atoms with E-state index in [1.807, 2.05) is 0 Å². The van der Waals surface area contributed by atoms with Crippen molar-refractivity contribution < 1.29 is 39.7 Å². The molecule has 0 radical (unpaired) electrons. The smallest absolute Gasteiger partial charge is 0.455 e. The Balaban J connectivity index is 1.71. The summed E-state index contributed by atoms with van der Waals surface area (Å²) >= 11 is 0. The standard InChI is InChI=1S/C17H23BN2O8/c1-17(19,7-21)16(25)20-5-8(6-20)28-12-3-2-9(10-4-11(10)18(26)27)14(22)13(12)15(23)24/h2-3,8,10-11,21-22,26-27H,4-7,19H2,1H3,(H,23,24)/t10-,11-,17?/m1/s1. The summed E-state index contributed by atoms with van der Waals surface area (Å²) in [5.41, 5.74) is 4.24. The van der Waals surface area contributed by atoms with Gasteiger partial charge in [0.25, 0.3) is 0 Å². The number of aliphatic hydroxyl groups is 1. The predicted molar refractivity (Wildman–Crippen MR) is 97.0 cm³/mol. The van der Waals surface area contributed by atoms with Gasteiger partial charge >= 0.3 is 13.1 Å². The number of aliphatic hydroxyl groups excluding tert-OH is 1. The fourth-order valence-electron chi connectivity index (χ4n) is 3.38. The number of nitrogens with two attached hydrogens (primary N) is 1. The zero-order chi connectivity index (χ0) is 20.8. The first kappa shape index (κ1) is 20.4. The van der Waals surface area contributed by atoms with Gasteiger partial charge in [0.05, 0.1) is 19.7 Å². The van der Waals surface area contributed by atoms with Crippen molar-refractivity contribution in [2.24, 2.45) is 5.73 Å². The van der Waals surface area contributed by atoms with E-state index in [4.69, 9.17) is 15.6 Å². The maximum atomic E-state index is 12.1. The van der Waals surface area contributed by atoms with E-state index < -0.39 is 54.4 Å². The fraction of sp³-hybridized carbons (Fsp3) is 0.529. The minimum atomic E-state index is -1.53. The third-order valence-electron chi connectivity index (χ3n) is 5.25. The van der Waals surface area contributed by atoms with Crippen LogP contribution in [0.1, 0.15) is 35.2 Å².